The number of carbonyl (C=O) groups is 2. The molecule has 188 valence electrons. The lowest BCUT2D eigenvalue weighted by Crippen LogP contribution is -2.32. The number of methoxy groups -OCH3 is 1. The van der Waals surface area contributed by atoms with Crippen molar-refractivity contribution in [2.75, 3.05) is 45.3 Å². The van der Waals surface area contributed by atoms with E-state index >= 15 is 0 Å². The third-order valence-electron chi connectivity index (χ3n) is 5.74. The zero-order chi connectivity index (χ0) is 24.8. The fraction of sp³-hybridized carbons (Fsp3) is 0.417. The Balaban J connectivity index is 1.42. The summed E-state index contributed by atoms with van der Waals surface area (Å²) in [6.45, 7) is 1.16. The molecule has 1 N–H and O–H groups in total. The van der Waals surface area contributed by atoms with Crippen LogP contribution >= 0.6 is 0 Å². The molecule has 2 aromatic rings. The van der Waals surface area contributed by atoms with E-state index in [0.29, 0.717) is 43.5 Å². The van der Waals surface area contributed by atoms with Crippen LogP contribution in [0.15, 0.2) is 41.3 Å². The van der Waals surface area contributed by atoms with Gasteiger partial charge in [-0.15, -0.1) is 0 Å². The molecule has 0 saturated carbocycles. The van der Waals surface area contributed by atoms with E-state index in [9.17, 15) is 18.0 Å². The number of nitrogens with zero attached hydrogens (tertiary/aromatic N) is 1. The minimum atomic E-state index is -3.86. The molecule has 2 heterocycles. The predicted octanol–water partition coefficient (Wildman–Crippen LogP) is 2.83. The lowest BCUT2D eigenvalue weighted by Gasteiger charge is -2.21. The summed E-state index contributed by atoms with van der Waals surface area (Å²) < 4.78 is 49.3. The van der Waals surface area contributed by atoms with Gasteiger partial charge in [0.15, 0.2) is 18.1 Å². The van der Waals surface area contributed by atoms with E-state index in [1.54, 1.807) is 18.2 Å². The second-order valence-corrected chi connectivity index (χ2v) is 10.1. The van der Waals surface area contributed by atoms with E-state index in [-0.39, 0.29) is 16.2 Å². The molecular weight excluding hydrogens is 476 g/mol. The maximum absolute atomic E-state index is 13.3. The van der Waals surface area contributed by atoms with Crippen molar-refractivity contribution < 1.29 is 37.0 Å². The van der Waals surface area contributed by atoms with Gasteiger partial charge in [0.25, 0.3) is 5.91 Å². The van der Waals surface area contributed by atoms with Crippen molar-refractivity contribution in [3.63, 3.8) is 0 Å². The molecule has 0 atom stereocenters. The van der Waals surface area contributed by atoms with Gasteiger partial charge in [0, 0.05) is 24.8 Å². The molecule has 4 rings (SSSR count). The Morgan fingerprint density at radius 2 is 1.69 bits per heavy atom. The van der Waals surface area contributed by atoms with E-state index in [1.165, 1.54) is 29.6 Å². The molecule has 2 aliphatic heterocycles. The Labute approximate surface area is 204 Å². The molecule has 1 saturated heterocycles. The number of hydrogen-bond acceptors (Lipinski definition) is 8. The Kier molecular flexibility index (Phi) is 7.76. The van der Waals surface area contributed by atoms with Crippen LogP contribution in [-0.2, 0) is 19.6 Å². The van der Waals surface area contributed by atoms with Gasteiger partial charge >= 0.3 is 5.97 Å². The van der Waals surface area contributed by atoms with Crippen molar-refractivity contribution in [2.24, 2.45) is 0 Å². The number of hydrogen-bond donors (Lipinski definition) is 1. The lowest BCUT2D eigenvalue weighted by atomic mass is 10.2. The van der Waals surface area contributed by atoms with Crippen LogP contribution in [0, 0.1) is 0 Å². The Morgan fingerprint density at radius 3 is 2.40 bits per heavy atom. The molecule has 35 heavy (non-hydrogen) atoms. The summed E-state index contributed by atoms with van der Waals surface area (Å²) in [5.74, 6) is -0.131. The van der Waals surface area contributed by atoms with Gasteiger partial charge in [-0.05, 0) is 43.2 Å². The van der Waals surface area contributed by atoms with Crippen molar-refractivity contribution in [1.82, 2.24) is 4.31 Å². The van der Waals surface area contributed by atoms with Crippen molar-refractivity contribution >= 4 is 27.6 Å². The number of esters is 1. The average molecular weight is 505 g/mol. The standard InChI is InChI=1S/C24H28N2O8S/c1-31-20-8-6-17(14-22(20)35(29,30)26-10-4-2-3-5-11-26)24(28)34-16-23(27)25-18-7-9-19-21(15-18)33-13-12-32-19/h6-9,14-15H,2-5,10-13,16H2,1H3,(H,25,27). The van der Waals surface area contributed by atoms with Gasteiger partial charge in [-0.3, -0.25) is 4.79 Å². The molecular formula is C24H28N2O8S. The van der Waals surface area contributed by atoms with E-state index in [1.807, 2.05) is 0 Å². The zero-order valence-electron chi connectivity index (χ0n) is 19.4. The molecule has 0 spiro atoms. The minimum Gasteiger partial charge on any atom is -0.495 e. The first-order valence-corrected chi connectivity index (χ1v) is 12.9. The highest BCUT2D eigenvalue weighted by atomic mass is 32.2. The number of amides is 1. The molecule has 10 nitrogen and oxygen atoms in total. The van der Waals surface area contributed by atoms with Gasteiger partial charge in [0.1, 0.15) is 23.9 Å². The predicted molar refractivity (Wildman–Crippen MR) is 127 cm³/mol. The molecule has 1 amide bonds. The molecule has 0 aromatic heterocycles. The van der Waals surface area contributed by atoms with Crippen molar-refractivity contribution in [3.8, 4) is 17.2 Å². The smallest absolute Gasteiger partial charge is 0.338 e. The highest BCUT2D eigenvalue weighted by molar-refractivity contribution is 7.89. The van der Waals surface area contributed by atoms with Crippen LogP contribution in [0.2, 0.25) is 0 Å². The number of benzene rings is 2. The number of fused-ring (bicyclic) bond motifs is 1. The SMILES string of the molecule is COc1ccc(C(=O)OCC(=O)Nc2ccc3c(c2)OCCO3)cc1S(=O)(=O)N1CCCCCC1. The van der Waals surface area contributed by atoms with Crippen LogP contribution < -0.4 is 19.5 Å². The van der Waals surface area contributed by atoms with Gasteiger partial charge in [0.05, 0.1) is 12.7 Å². The molecule has 0 radical (unpaired) electrons. The largest absolute Gasteiger partial charge is 0.495 e. The summed E-state index contributed by atoms with van der Waals surface area (Å²) in [6, 6.07) is 9.01. The number of carbonyl (C=O) groups excluding carboxylic acids is 2. The molecule has 1 fully saturated rings. The molecule has 11 heteroatoms. The number of sulfonamides is 1. The van der Waals surface area contributed by atoms with E-state index in [4.69, 9.17) is 18.9 Å². The maximum atomic E-state index is 13.3. The van der Waals surface area contributed by atoms with Crippen LogP contribution in [0.1, 0.15) is 36.0 Å². The Bertz CT molecular complexity index is 1190. The van der Waals surface area contributed by atoms with E-state index in [2.05, 4.69) is 5.32 Å². The summed E-state index contributed by atoms with van der Waals surface area (Å²) in [4.78, 5) is 24.8. The second kappa shape index (κ2) is 11.0. The third-order valence-corrected chi connectivity index (χ3v) is 7.66. The number of anilines is 1. The number of nitrogens with one attached hydrogen (secondary N) is 1. The van der Waals surface area contributed by atoms with Crippen LogP contribution in [0.4, 0.5) is 5.69 Å². The van der Waals surface area contributed by atoms with Crippen molar-refractivity contribution in [1.29, 1.82) is 0 Å². The van der Waals surface area contributed by atoms with E-state index < -0.39 is 28.5 Å². The number of rotatable bonds is 7. The summed E-state index contributed by atoms with van der Waals surface area (Å²) in [5.41, 5.74) is 0.469. The molecule has 2 aromatic carbocycles. The normalized spacial score (nSPS) is 16.1. The first-order valence-electron chi connectivity index (χ1n) is 11.4. The van der Waals surface area contributed by atoms with Crippen molar-refractivity contribution in [3.05, 3.63) is 42.0 Å². The maximum Gasteiger partial charge on any atom is 0.338 e. The topological polar surface area (TPSA) is 120 Å². The van der Waals surface area contributed by atoms with Crippen LogP contribution in [0.25, 0.3) is 0 Å². The monoisotopic (exact) mass is 504 g/mol. The van der Waals surface area contributed by atoms with Gasteiger partial charge in [-0.2, -0.15) is 4.31 Å². The Morgan fingerprint density at radius 1 is 0.971 bits per heavy atom. The molecule has 2 aliphatic rings. The van der Waals surface area contributed by atoms with E-state index in [0.717, 1.165) is 25.7 Å². The quantitative estimate of drug-likeness (QED) is 0.572. The van der Waals surface area contributed by atoms with Gasteiger partial charge < -0.3 is 24.3 Å². The molecule has 0 unspecified atom stereocenters. The van der Waals surface area contributed by atoms with Crippen LogP contribution in [-0.4, -0.2) is 64.6 Å². The summed E-state index contributed by atoms with van der Waals surface area (Å²) in [7, 11) is -2.49. The fourth-order valence-electron chi connectivity index (χ4n) is 3.96. The van der Waals surface area contributed by atoms with Gasteiger partial charge in [-0.25, -0.2) is 13.2 Å². The highest BCUT2D eigenvalue weighted by Gasteiger charge is 2.29. The minimum absolute atomic E-state index is 0.00586. The fourth-order valence-corrected chi connectivity index (χ4v) is 5.66. The second-order valence-electron chi connectivity index (χ2n) is 8.17. The van der Waals surface area contributed by atoms with Crippen LogP contribution in [0.3, 0.4) is 0 Å². The average Bonchev–Trinajstić information content (AvgIpc) is 3.17. The number of ether oxygens (including phenoxy) is 4. The third kappa shape index (κ3) is 5.85. The Hall–Kier alpha value is -3.31. The van der Waals surface area contributed by atoms with Crippen LogP contribution in [0.5, 0.6) is 17.2 Å². The van der Waals surface area contributed by atoms with Gasteiger partial charge in [0.2, 0.25) is 10.0 Å². The summed E-state index contributed by atoms with van der Waals surface area (Å²) in [5, 5.41) is 2.63. The van der Waals surface area contributed by atoms with Gasteiger partial charge in [-0.1, -0.05) is 12.8 Å². The summed E-state index contributed by atoms with van der Waals surface area (Å²) in [6.07, 6.45) is 3.51. The molecule has 0 bridgehead atoms. The first-order chi connectivity index (χ1) is 16.9. The first kappa shape index (κ1) is 24.8. The van der Waals surface area contributed by atoms with Crippen molar-refractivity contribution in [2.45, 2.75) is 30.6 Å². The zero-order valence-corrected chi connectivity index (χ0v) is 20.3. The lowest BCUT2D eigenvalue weighted by molar-refractivity contribution is -0.119. The molecule has 0 aliphatic carbocycles. The highest BCUT2D eigenvalue weighted by Crippen LogP contribution is 2.33. The summed E-state index contributed by atoms with van der Waals surface area (Å²) >= 11 is 0.